The summed E-state index contributed by atoms with van der Waals surface area (Å²) in [7, 11) is 2.05. The van der Waals surface area contributed by atoms with Crippen LogP contribution in [-0.4, -0.2) is 38.2 Å². The van der Waals surface area contributed by atoms with E-state index >= 15 is 0 Å². The Bertz CT molecular complexity index is 462. The van der Waals surface area contributed by atoms with E-state index in [4.69, 9.17) is 11.6 Å². The van der Waals surface area contributed by atoms with Gasteiger partial charge in [-0.2, -0.15) is 5.10 Å². The first kappa shape index (κ1) is 12.1. The smallest absolute Gasteiger partial charge is 0.0951 e. The molecule has 1 N–H and O–H groups in total. The third-order valence-corrected chi connectivity index (χ3v) is 3.16. The molecule has 2 aromatic rings. The Morgan fingerprint density at radius 3 is 2.94 bits per heavy atom. The number of likely N-dealkylation sites (N-methyl/N-ethyl adjacent to an activating group) is 1. The number of H-pyrrole nitrogens is 1. The first-order chi connectivity index (χ1) is 8.16. The summed E-state index contributed by atoms with van der Waals surface area (Å²) in [6, 6.07) is 0. The van der Waals surface area contributed by atoms with E-state index in [9.17, 15) is 0 Å². The number of aromatic nitrogens is 4. The maximum atomic E-state index is 6.12. The van der Waals surface area contributed by atoms with Gasteiger partial charge in [-0.1, -0.05) is 11.6 Å². The van der Waals surface area contributed by atoms with Crippen LogP contribution < -0.4 is 0 Å². The molecule has 5 nitrogen and oxygen atoms in total. The maximum Gasteiger partial charge on any atom is 0.0951 e. The zero-order chi connectivity index (χ0) is 12.3. The van der Waals surface area contributed by atoms with Gasteiger partial charge in [-0.05, 0) is 14.0 Å². The van der Waals surface area contributed by atoms with Crippen molar-refractivity contribution in [3.05, 3.63) is 35.1 Å². The minimum Gasteiger partial charge on any atom is -0.336 e. The molecule has 92 valence electrons. The number of aryl methyl sites for hydroxylation is 1. The molecule has 0 radical (unpaired) electrons. The number of nitrogens with one attached hydrogen (secondary N) is 1. The quantitative estimate of drug-likeness (QED) is 0.883. The summed E-state index contributed by atoms with van der Waals surface area (Å²) in [5, 5.41) is 7.81. The topological polar surface area (TPSA) is 49.7 Å². The Balaban J connectivity index is 1.85. The second-order valence-electron chi connectivity index (χ2n) is 4.15. The highest BCUT2D eigenvalue weighted by Gasteiger charge is 2.09. The lowest BCUT2D eigenvalue weighted by Crippen LogP contribution is -2.22. The number of hydrogen-bond acceptors (Lipinski definition) is 3. The molecule has 2 aromatic heterocycles. The molecule has 17 heavy (non-hydrogen) atoms. The van der Waals surface area contributed by atoms with Gasteiger partial charge in [-0.3, -0.25) is 10.00 Å². The van der Waals surface area contributed by atoms with E-state index in [2.05, 4.69) is 27.1 Å². The van der Waals surface area contributed by atoms with Gasteiger partial charge in [0.25, 0.3) is 0 Å². The van der Waals surface area contributed by atoms with Gasteiger partial charge in [0.2, 0.25) is 0 Å². The standard InChI is InChI=1S/C11H16ClN5/c1-9-11(12)10(15-14-9)7-16(2)5-6-17-4-3-13-8-17/h3-4,8H,5-7H2,1-2H3,(H,14,15). The molecule has 0 aliphatic carbocycles. The summed E-state index contributed by atoms with van der Waals surface area (Å²) in [6.45, 7) is 4.51. The Labute approximate surface area is 105 Å². The van der Waals surface area contributed by atoms with Crippen molar-refractivity contribution in [2.24, 2.45) is 0 Å². The summed E-state index contributed by atoms with van der Waals surface area (Å²) in [4.78, 5) is 6.19. The van der Waals surface area contributed by atoms with Crippen molar-refractivity contribution in [3.8, 4) is 0 Å². The van der Waals surface area contributed by atoms with Crippen LogP contribution in [0.4, 0.5) is 0 Å². The third kappa shape index (κ3) is 3.08. The van der Waals surface area contributed by atoms with E-state index in [0.29, 0.717) is 0 Å². The van der Waals surface area contributed by atoms with E-state index in [1.165, 1.54) is 0 Å². The van der Waals surface area contributed by atoms with Gasteiger partial charge in [-0.15, -0.1) is 0 Å². The predicted molar refractivity (Wildman–Crippen MR) is 66.9 cm³/mol. The van der Waals surface area contributed by atoms with Crippen molar-refractivity contribution in [3.63, 3.8) is 0 Å². The lowest BCUT2D eigenvalue weighted by molar-refractivity contribution is 0.308. The van der Waals surface area contributed by atoms with E-state index in [1.54, 1.807) is 6.20 Å². The molecule has 0 bridgehead atoms. The molecule has 0 aromatic carbocycles. The van der Waals surface area contributed by atoms with Crippen LogP contribution in [0.2, 0.25) is 5.02 Å². The van der Waals surface area contributed by atoms with Gasteiger partial charge in [0.1, 0.15) is 0 Å². The first-order valence-electron chi connectivity index (χ1n) is 5.50. The highest BCUT2D eigenvalue weighted by molar-refractivity contribution is 6.31. The highest BCUT2D eigenvalue weighted by Crippen LogP contribution is 2.18. The zero-order valence-corrected chi connectivity index (χ0v) is 10.8. The number of hydrogen-bond donors (Lipinski definition) is 1. The fourth-order valence-electron chi connectivity index (χ4n) is 1.61. The fraction of sp³-hybridized carbons (Fsp3) is 0.455. The Hall–Kier alpha value is -1.33. The molecule has 0 aliphatic rings. The summed E-state index contributed by atoms with van der Waals surface area (Å²) in [5.74, 6) is 0. The molecule has 0 aliphatic heterocycles. The normalized spacial score (nSPS) is 11.3. The zero-order valence-electron chi connectivity index (χ0n) is 10.0. The van der Waals surface area contributed by atoms with Crippen molar-refractivity contribution in [1.29, 1.82) is 0 Å². The number of rotatable bonds is 5. The van der Waals surface area contributed by atoms with Gasteiger partial charge < -0.3 is 4.57 Å². The Kier molecular flexibility index (Phi) is 3.81. The molecular formula is C11H16ClN5. The highest BCUT2D eigenvalue weighted by atomic mass is 35.5. The molecular weight excluding hydrogens is 238 g/mol. The van der Waals surface area contributed by atoms with E-state index < -0.39 is 0 Å². The van der Waals surface area contributed by atoms with Gasteiger partial charge in [0.15, 0.2) is 0 Å². The molecule has 0 spiro atoms. The van der Waals surface area contributed by atoms with Crippen LogP contribution in [0, 0.1) is 6.92 Å². The molecule has 2 rings (SSSR count). The van der Waals surface area contributed by atoms with Gasteiger partial charge >= 0.3 is 0 Å². The molecule has 0 amide bonds. The Morgan fingerprint density at radius 2 is 2.35 bits per heavy atom. The molecule has 0 fully saturated rings. The van der Waals surface area contributed by atoms with Crippen LogP contribution in [0.1, 0.15) is 11.4 Å². The van der Waals surface area contributed by atoms with Crippen molar-refractivity contribution in [2.45, 2.75) is 20.0 Å². The van der Waals surface area contributed by atoms with Gasteiger partial charge in [0.05, 0.1) is 22.7 Å². The monoisotopic (exact) mass is 253 g/mol. The average Bonchev–Trinajstić information content (AvgIpc) is 2.92. The van der Waals surface area contributed by atoms with Crippen molar-refractivity contribution in [2.75, 3.05) is 13.6 Å². The molecule has 2 heterocycles. The Morgan fingerprint density at radius 1 is 1.53 bits per heavy atom. The van der Waals surface area contributed by atoms with Crippen molar-refractivity contribution >= 4 is 11.6 Å². The lowest BCUT2D eigenvalue weighted by atomic mass is 10.3. The summed E-state index contributed by atoms with van der Waals surface area (Å²) in [6.07, 6.45) is 5.56. The minimum absolute atomic E-state index is 0.736. The second-order valence-corrected chi connectivity index (χ2v) is 4.53. The minimum atomic E-state index is 0.736. The van der Waals surface area contributed by atoms with Crippen LogP contribution in [-0.2, 0) is 13.1 Å². The van der Waals surface area contributed by atoms with E-state index in [-0.39, 0.29) is 0 Å². The van der Waals surface area contributed by atoms with Crippen molar-refractivity contribution < 1.29 is 0 Å². The number of halogens is 1. The second kappa shape index (κ2) is 5.33. The number of aromatic amines is 1. The van der Waals surface area contributed by atoms with Crippen LogP contribution in [0.15, 0.2) is 18.7 Å². The number of imidazole rings is 1. The predicted octanol–water partition coefficient (Wildman–Crippen LogP) is 1.70. The fourth-order valence-corrected chi connectivity index (χ4v) is 1.75. The van der Waals surface area contributed by atoms with Crippen LogP contribution >= 0.6 is 11.6 Å². The summed E-state index contributed by atoms with van der Waals surface area (Å²) in [5.41, 5.74) is 1.82. The molecule has 0 unspecified atom stereocenters. The lowest BCUT2D eigenvalue weighted by Gasteiger charge is -2.15. The van der Waals surface area contributed by atoms with Gasteiger partial charge in [-0.25, -0.2) is 4.98 Å². The molecule has 0 saturated heterocycles. The summed E-state index contributed by atoms with van der Waals surface area (Å²) < 4.78 is 2.05. The molecule has 6 heteroatoms. The largest absolute Gasteiger partial charge is 0.336 e. The van der Waals surface area contributed by atoms with E-state index in [1.807, 2.05) is 24.0 Å². The van der Waals surface area contributed by atoms with Gasteiger partial charge in [0, 0.05) is 32.0 Å². The van der Waals surface area contributed by atoms with Crippen LogP contribution in [0.3, 0.4) is 0 Å². The van der Waals surface area contributed by atoms with Crippen LogP contribution in [0.5, 0.6) is 0 Å². The maximum absolute atomic E-state index is 6.12. The van der Waals surface area contributed by atoms with Crippen molar-refractivity contribution in [1.82, 2.24) is 24.6 Å². The third-order valence-electron chi connectivity index (χ3n) is 2.66. The SMILES string of the molecule is Cc1[nH]nc(CN(C)CCn2ccnc2)c1Cl. The molecule has 0 saturated carbocycles. The van der Waals surface area contributed by atoms with E-state index in [0.717, 1.165) is 36.0 Å². The first-order valence-corrected chi connectivity index (χ1v) is 5.88. The number of nitrogens with zero attached hydrogens (tertiary/aromatic N) is 4. The van der Waals surface area contributed by atoms with Crippen LogP contribution in [0.25, 0.3) is 0 Å². The summed E-state index contributed by atoms with van der Waals surface area (Å²) >= 11 is 6.12. The molecule has 0 atom stereocenters. The average molecular weight is 254 g/mol.